The summed E-state index contributed by atoms with van der Waals surface area (Å²) in [6.45, 7) is 19.7. The number of nitrogens with zero attached hydrogens (tertiary/aromatic N) is 4. The molecule has 0 radical (unpaired) electrons. The molecule has 16 heteroatoms. The number of carbonyl (C=O) groups is 4. The molecule has 5 aliphatic rings. The fraction of sp³-hybridized carbons (Fsp3) is 0.778. The average molecular weight is 761 g/mol. The molecule has 0 aliphatic carbocycles. The quantitative estimate of drug-likeness (QED) is 0.319. The van der Waals surface area contributed by atoms with Gasteiger partial charge in [-0.15, -0.1) is 23.5 Å². The topological polar surface area (TPSA) is 184 Å². The van der Waals surface area contributed by atoms with Crippen molar-refractivity contribution in [1.29, 1.82) is 0 Å². The second-order valence-electron chi connectivity index (χ2n) is 15.3. The third-order valence-electron chi connectivity index (χ3n) is 10.5. The number of hydrogen-bond donors (Lipinski definition) is 4. The number of nitrogens with one attached hydrogen (secondary N) is 4. The highest BCUT2D eigenvalue weighted by Gasteiger charge is 2.44. The van der Waals surface area contributed by atoms with Crippen LogP contribution in [-0.2, 0) is 28.7 Å². The molecule has 5 aliphatic heterocycles. The van der Waals surface area contributed by atoms with E-state index in [4.69, 9.17) is 29.4 Å². The molecule has 0 aromatic rings. The smallest absolute Gasteiger partial charge is 0.249 e. The Morgan fingerprint density at radius 1 is 0.577 bits per heavy atom. The number of aliphatic imine (C=N–C) groups is 4. The van der Waals surface area contributed by atoms with Gasteiger partial charge < -0.3 is 30.7 Å². The van der Waals surface area contributed by atoms with Crippen LogP contribution in [0.5, 0.6) is 0 Å². The lowest BCUT2D eigenvalue weighted by Crippen LogP contribution is -2.49. The van der Waals surface area contributed by atoms with Crippen molar-refractivity contribution in [2.45, 2.75) is 143 Å². The molecule has 0 aromatic heterocycles. The Labute approximate surface area is 315 Å². The first-order valence-electron chi connectivity index (χ1n) is 18.7. The summed E-state index contributed by atoms with van der Waals surface area (Å²) in [4.78, 5) is 74.2. The molecule has 0 saturated heterocycles. The van der Waals surface area contributed by atoms with Crippen molar-refractivity contribution in [3.8, 4) is 0 Å². The standard InChI is InChI=1S/C36H56N8O6S2/c1-11-17(7)25-33-43-27(19(9)49-33)31(47)39-24(16(5)6)36-38-22(14-52-36)30(46)42-26(18(8)12-2)34-44-28(20(10)50-34)32(48)40-23(15(3)4)35-37-21(13-51-35)29(45)41-25/h15-28H,11-14H2,1-10H3,(H,39,47)(H,40,48)(H,41,45)(H,42,46)/t17-,18?,19+,20+,21?,22?,23+,24?,25?,26-,27-,28-/m0/s1. The summed E-state index contributed by atoms with van der Waals surface area (Å²) >= 11 is 2.91. The average Bonchev–Trinajstić information content (AvgIpc) is 3.92. The van der Waals surface area contributed by atoms with Crippen LogP contribution >= 0.6 is 23.5 Å². The first kappa shape index (κ1) is 40.1. The number of ether oxygens (including phenoxy) is 2. The van der Waals surface area contributed by atoms with Crippen LogP contribution in [0.15, 0.2) is 20.0 Å². The van der Waals surface area contributed by atoms with Crippen molar-refractivity contribution < 1.29 is 28.7 Å². The van der Waals surface area contributed by atoms with Crippen molar-refractivity contribution in [1.82, 2.24) is 21.3 Å². The lowest BCUT2D eigenvalue weighted by atomic mass is 9.98. The van der Waals surface area contributed by atoms with Gasteiger partial charge >= 0.3 is 0 Å². The molecule has 4 N–H and O–H groups in total. The van der Waals surface area contributed by atoms with E-state index >= 15 is 0 Å². The molecule has 0 spiro atoms. The molecular weight excluding hydrogens is 705 g/mol. The number of thioether (sulfide) groups is 2. The minimum atomic E-state index is -0.826. The van der Waals surface area contributed by atoms with E-state index in [2.05, 4.69) is 21.3 Å². The van der Waals surface area contributed by atoms with Gasteiger partial charge in [-0.25, -0.2) is 9.98 Å². The van der Waals surface area contributed by atoms with E-state index in [1.807, 2.05) is 55.4 Å². The maximum atomic E-state index is 13.8. The molecular formula is C36H56N8O6S2. The minimum absolute atomic E-state index is 0.0208. The normalized spacial score (nSPS) is 35.5. The molecule has 5 unspecified atom stereocenters. The summed E-state index contributed by atoms with van der Waals surface area (Å²) in [5.41, 5.74) is 0. The van der Waals surface area contributed by atoms with E-state index in [0.717, 1.165) is 12.8 Å². The van der Waals surface area contributed by atoms with Crippen molar-refractivity contribution in [2.24, 2.45) is 43.6 Å². The molecule has 5 heterocycles. The molecule has 0 aromatic carbocycles. The van der Waals surface area contributed by atoms with Crippen LogP contribution in [0.4, 0.5) is 0 Å². The van der Waals surface area contributed by atoms with Gasteiger partial charge in [0.1, 0.15) is 36.4 Å². The summed E-state index contributed by atoms with van der Waals surface area (Å²) in [6.07, 6.45) is 0.363. The highest BCUT2D eigenvalue weighted by molar-refractivity contribution is 8.14. The van der Waals surface area contributed by atoms with E-state index in [0.29, 0.717) is 33.4 Å². The van der Waals surface area contributed by atoms with Gasteiger partial charge in [0, 0.05) is 11.5 Å². The molecule has 4 amide bonds. The number of hydrogen-bond acceptors (Lipinski definition) is 12. The number of rotatable bonds is 6. The zero-order valence-corrected chi connectivity index (χ0v) is 33.6. The Hall–Kier alpha value is -3.14. The molecule has 288 valence electrons. The molecule has 52 heavy (non-hydrogen) atoms. The van der Waals surface area contributed by atoms with E-state index in [9.17, 15) is 19.2 Å². The highest BCUT2D eigenvalue weighted by atomic mass is 32.2. The van der Waals surface area contributed by atoms with Gasteiger partial charge in [0.05, 0.1) is 22.2 Å². The van der Waals surface area contributed by atoms with Crippen LogP contribution in [-0.4, -0.2) is 118 Å². The third-order valence-corrected chi connectivity index (χ3v) is 12.8. The van der Waals surface area contributed by atoms with Crippen molar-refractivity contribution in [2.75, 3.05) is 11.5 Å². The largest absolute Gasteiger partial charge is 0.474 e. The van der Waals surface area contributed by atoms with Gasteiger partial charge in [-0.3, -0.25) is 29.2 Å². The second kappa shape index (κ2) is 16.9. The predicted molar refractivity (Wildman–Crippen MR) is 207 cm³/mol. The lowest BCUT2D eigenvalue weighted by Gasteiger charge is -2.25. The van der Waals surface area contributed by atoms with Gasteiger partial charge in [-0.1, -0.05) is 68.2 Å². The summed E-state index contributed by atoms with van der Waals surface area (Å²) < 4.78 is 12.4. The summed E-state index contributed by atoms with van der Waals surface area (Å²) in [5.74, 6) is 0.230. The number of carbonyl (C=O) groups excluding carboxylic acids is 4. The first-order chi connectivity index (χ1) is 24.6. The summed E-state index contributed by atoms with van der Waals surface area (Å²) in [6, 6.07) is -4.99. The van der Waals surface area contributed by atoms with Crippen molar-refractivity contribution in [3.63, 3.8) is 0 Å². The van der Waals surface area contributed by atoms with E-state index in [1.165, 1.54) is 23.5 Å². The van der Waals surface area contributed by atoms with Crippen LogP contribution in [0.1, 0.15) is 82.1 Å². The Morgan fingerprint density at radius 3 is 1.25 bits per heavy atom. The van der Waals surface area contributed by atoms with E-state index in [1.54, 1.807) is 13.8 Å². The SMILES string of the molecule is CCC(C)[C@@H]1NC(=O)C2CSC(=N2)C(C(C)C)NC(=O)[C@H]2N=C(O[C@@H]2C)C([C@@H](C)CC)NC(=O)C2CSC(=N2)[C@@H](C(C)C)NC(=O)[C@H]2N=C1O[C@@H]2C. The van der Waals surface area contributed by atoms with E-state index in [-0.39, 0.29) is 47.3 Å². The Kier molecular flexibility index (Phi) is 13.0. The van der Waals surface area contributed by atoms with Crippen LogP contribution in [0.2, 0.25) is 0 Å². The molecule has 8 bridgehead atoms. The zero-order chi connectivity index (χ0) is 38.0. The Balaban J connectivity index is 1.52. The zero-order valence-electron chi connectivity index (χ0n) is 32.0. The van der Waals surface area contributed by atoms with Gasteiger partial charge in [0.15, 0.2) is 12.1 Å². The van der Waals surface area contributed by atoms with Gasteiger partial charge in [0.25, 0.3) is 0 Å². The maximum absolute atomic E-state index is 13.8. The Morgan fingerprint density at radius 2 is 0.923 bits per heavy atom. The number of amides is 4. The van der Waals surface area contributed by atoms with Crippen LogP contribution in [0.25, 0.3) is 0 Å². The molecule has 5 rings (SSSR count). The summed E-state index contributed by atoms with van der Waals surface area (Å²) in [5, 5.41) is 13.9. The lowest BCUT2D eigenvalue weighted by molar-refractivity contribution is -0.125. The van der Waals surface area contributed by atoms with E-state index < -0.39 is 60.5 Å². The third kappa shape index (κ3) is 8.63. The van der Waals surface area contributed by atoms with Crippen LogP contribution in [0.3, 0.4) is 0 Å². The molecule has 0 saturated carbocycles. The molecule has 0 fully saturated rings. The van der Waals surface area contributed by atoms with Crippen molar-refractivity contribution in [3.05, 3.63) is 0 Å². The fourth-order valence-corrected chi connectivity index (χ4v) is 9.20. The fourth-order valence-electron chi connectivity index (χ4n) is 6.67. The van der Waals surface area contributed by atoms with Crippen LogP contribution < -0.4 is 21.3 Å². The van der Waals surface area contributed by atoms with Gasteiger partial charge in [-0.2, -0.15) is 0 Å². The molecule has 12 atom stereocenters. The Bertz CT molecular complexity index is 1410. The maximum Gasteiger partial charge on any atom is 0.249 e. The highest BCUT2D eigenvalue weighted by Crippen LogP contribution is 2.29. The predicted octanol–water partition coefficient (Wildman–Crippen LogP) is 2.74. The molecule has 14 nitrogen and oxygen atoms in total. The van der Waals surface area contributed by atoms with Crippen molar-refractivity contribution >= 4 is 69.0 Å². The second-order valence-corrected chi connectivity index (χ2v) is 17.3. The number of fused-ring (bicyclic) bond motifs is 4. The monoisotopic (exact) mass is 760 g/mol. The van der Waals surface area contributed by atoms with Crippen LogP contribution in [0, 0.1) is 23.7 Å². The first-order valence-corrected chi connectivity index (χ1v) is 20.7. The summed E-state index contributed by atoms with van der Waals surface area (Å²) in [7, 11) is 0. The van der Waals surface area contributed by atoms with Gasteiger partial charge in [0.2, 0.25) is 35.4 Å². The van der Waals surface area contributed by atoms with Gasteiger partial charge in [-0.05, 0) is 37.5 Å². The minimum Gasteiger partial charge on any atom is -0.474 e.